The average Bonchev–Trinajstić information content (AvgIpc) is 3.02. The standard InChI is InChI=1S/C23H18F5N3O3/c24-14-5-6-15(16(7-14)12-1-3-13(4-2-12)23(26,27)28)17(32)29-11-22(18(33)30-19(34)31-22)20-8-21(25,9-20)10-20/h1-7H,8-11H2,(H,29,32)(H2,30,31,33,34). The number of urea groups is 1. The first-order valence-electron chi connectivity index (χ1n) is 10.4. The third-order valence-corrected chi connectivity index (χ3v) is 7.08. The highest BCUT2D eigenvalue weighted by atomic mass is 19.4. The molecular formula is C23H18F5N3O3. The summed E-state index contributed by atoms with van der Waals surface area (Å²) in [6.45, 7) is -0.330. The van der Waals surface area contributed by atoms with Gasteiger partial charge >= 0.3 is 12.2 Å². The lowest BCUT2D eigenvalue weighted by molar-refractivity contribution is -0.246. The maximum Gasteiger partial charge on any atom is 0.416 e. The van der Waals surface area contributed by atoms with Gasteiger partial charge in [-0.15, -0.1) is 0 Å². The van der Waals surface area contributed by atoms with Crippen LogP contribution in [0.2, 0.25) is 0 Å². The molecule has 0 spiro atoms. The molecule has 2 bridgehead atoms. The molecule has 3 N–H and O–H groups in total. The number of hydrogen-bond acceptors (Lipinski definition) is 3. The molecule has 1 unspecified atom stereocenters. The van der Waals surface area contributed by atoms with Crippen LogP contribution in [0.3, 0.4) is 0 Å². The third kappa shape index (κ3) is 3.24. The van der Waals surface area contributed by atoms with Gasteiger partial charge in [0.05, 0.1) is 12.1 Å². The van der Waals surface area contributed by atoms with Crippen LogP contribution in [-0.2, 0) is 11.0 Å². The van der Waals surface area contributed by atoms with Crippen LogP contribution in [0.1, 0.15) is 35.2 Å². The van der Waals surface area contributed by atoms with Gasteiger partial charge in [0.15, 0.2) is 0 Å². The predicted molar refractivity (Wildman–Crippen MR) is 109 cm³/mol. The highest BCUT2D eigenvalue weighted by Gasteiger charge is 2.79. The lowest BCUT2D eigenvalue weighted by Gasteiger charge is -2.70. The smallest absolute Gasteiger partial charge is 0.349 e. The minimum Gasteiger partial charge on any atom is -0.349 e. The Morgan fingerprint density at radius 1 is 1.03 bits per heavy atom. The van der Waals surface area contributed by atoms with E-state index in [-0.39, 0.29) is 42.5 Å². The number of imide groups is 1. The first-order chi connectivity index (χ1) is 15.9. The predicted octanol–water partition coefficient (Wildman–Crippen LogP) is 3.71. The van der Waals surface area contributed by atoms with E-state index in [9.17, 15) is 36.3 Å². The maximum absolute atomic E-state index is 14.2. The Balaban J connectivity index is 1.41. The molecule has 4 aliphatic rings. The molecule has 3 saturated carbocycles. The molecule has 2 aromatic carbocycles. The summed E-state index contributed by atoms with van der Waals surface area (Å²) in [5, 5.41) is 7.26. The van der Waals surface area contributed by atoms with Crippen molar-refractivity contribution < 1.29 is 36.3 Å². The summed E-state index contributed by atoms with van der Waals surface area (Å²) in [6, 6.07) is 6.38. The Labute approximate surface area is 189 Å². The van der Waals surface area contributed by atoms with Gasteiger partial charge in [-0.05, 0) is 60.7 Å². The van der Waals surface area contributed by atoms with Crippen molar-refractivity contribution in [3.63, 3.8) is 0 Å². The van der Waals surface area contributed by atoms with Crippen LogP contribution in [0.25, 0.3) is 11.1 Å². The Bertz CT molecular complexity index is 1210. The molecule has 11 heteroatoms. The minimum atomic E-state index is -4.55. The first-order valence-corrected chi connectivity index (χ1v) is 10.4. The van der Waals surface area contributed by atoms with E-state index in [1.165, 1.54) is 6.07 Å². The highest BCUT2D eigenvalue weighted by molar-refractivity contribution is 6.09. The molecule has 34 heavy (non-hydrogen) atoms. The fourth-order valence-electron chi connectivity index (χ4n) is 5.39. The van der Waals surface area contributed by atoms with Gasteiger partial charge in [0, 0.05) is 11.0 Å². The van der Waals surface area contributed by atoms with Gasteiger partial charge in [-0.3, -0.25) is 14.9 Å². The van der Waals surface area contributed by atoms with E-state index in [0.29, 0.717) is 0 Å². The number of nitrogens with one attached hydrogen (secondary N) is 3. The lowest BCUT2D eigenvalue weighted by atomic mass is 9.36. The summed E-state index contributed by atoms with van der Waals surface area (Å²) in [7, 11) is 0. The van der Waals surface area contributed by atoms with Crippen molar-refractivity contribution in [1.82, 2.24) is 16.0 Å². The molecule has 1 saturated heterocycles. The second kappa shape index (κ2) is 7.00. The molecule has 1 atom stereocenters. The SMILES string of the molecule is O=C1NC(=O)C(CNC(=O)c2ccc(F)cc2-c2ccc(C(F)(F)F)cc2)(C23CC(F)(C2)C3)N1. The van der Waals surface area contributed by atoms with Crippen molar-refractivity contribution in [2.24, 2.45) is 5.41 Å². The second-order valence-corrected chi connectivity index (χ2v) is 9.22. The second-order valence-electron chi connectivity index (χ2n) is 9.22. The van der Waals surface area contributed by atoms with Gasteiger partial charge in [-0.2, -0.15) is 13.2 Å². The number of rotatable bonds is 5. The molecule has 4 fully saturated rings. The number of amides is 4. The van der Waals surface area contributed by atoms with Crippen LogP contribution in [-0.4, -0.2) is 35.6 Å². The Kier molecular flexibility index (Phi) is 4.59. The lowest BCUT2D eigenvalue weighted by Crippen LogP contribution is -2.80. The van der Waals surface area contributed by atoms with E-state index in [1.54, 1.807) is 0 Å². The molecule has 1 aliphatic heterocycles. The van der Waals surface area contributed by atoms with Crippen molar-refractivity contribution in [2.75, 3.05) is 6.54 Å². The van der Waals surface area contributed by atoms with E-state index in [0.717, 1.165) is 36.4 Å². The number of carbonyl (C=O) groups is 3. The zero-order chi connectivity index (χ0) is 24.5. The number of alkyl halides is 4. The molecule has 4 amide bonds. The van der Waals surface area contributed by atoms with Crippen LogP contribution < -0.4 is 16.0 Å². The molecule has 6 nitrogen and oxygen atoms in total. The summed E-state index contributed by atoms with van der Waals surface area (Å²) < 4.78 is 66.8. The van der Waals surface area contributed by atoms with E-state index in [2.05, 4.69) is 16.0 Å². The van der Waals surface area contributed by atoms with Gasteiger partial charge in [0.1, 0.15) is 17.0 Å². The van der Waals surface area contributed by atoms with Crippen molar-refractivity contribution >= 4 is 17.8 Å². The van der Waals surface area contributed by atoms with Crippen molar-refractivity contribution in [1.29, 1.82) is 0 Å². The summed E-state index contributed by atoms with van der Waals surface area (Å²) in [5.74, 6) is -2.10. The average molecular weight is 479 g/mol. The Morgan fingerprint density at radius 3 is 2.21 bits per heavy atom. The monoisotopic (exact) mass is 479 g/mol. The largest absolute Gasteiger partial charge is 0.416 e. The van der Waals surface area contributed by atoms with Gasteiger partial charge in [-0.1, -0.05) is 12.1 Å². The first kappa shape index (κ1) is 22.3. The molecule has 0 aromatic heterocycles. The normalized spacial score (nSPS) is 29.6. The summed E-state index contributed by atoms with van der Waals surface area (Å²) >= 11 is 0. The van der Waals surface area contributed by atoms with E-state index < -0.39 is 52.0 Å². The van der Waals surface area contributed by atoms with Gasteiger partial charge in [0.2, 0.25) is 0 Å². The molecule has 2 aromatic rings. The summed E-state index contributed by atoms with van der Waals surface area (Å²) in [5.41, 5.74) is -4.41. The van der Waals surface area contributed by atoms with Crippen molar-refractivity contribution in [2.45, 2.75) is 36.6 Å². The molecule has 178 valence electrons. The molecule has 6 rings (SSSR count). The number of hydrogen-bond donors (Lipinski definition) is 3. The van der Waals surface area contributed by atoms with Crippen molar-refractivity contribution in [3.8, 4) is 11.1 Å². The van der Waals surface area contributed by atoms with Crippen LogP contribution in [0.15, 0.2) is 42.5 Å². The summed E-state index contributed by atoms with van der Waals surface area (Å²) in [4.78, 5) is 37.6. The maximum atomic E-state index is 14.2. The Hall–Kier alpha value is -3.50. The third-order valence-electron chi connectivity index (χ3n) is 7.08. The quantitative estimate of drug-likeness (QED) is 0.452. The zero-order valence-electron chi connectivity index (χ0n) is 17.5. The summed E-state index contributed by atoms with van der Waals surface area (Å²) in [6.07, 6.45) is -4.31. The molecule has 1 heterocycles. The number of benzene rings is 2. The van der Waals surface area contributed by atoms with E-state index >= 15 is 0 Å². The van der Waals surface area contributed by atoms with E-state index in [1.807, 2.05) is 0 Å². The fourth-order valence-corrected chi connectivity index (χ4v) is 5.39. The minimum absolute atomic E-state index is 0.0411. The van der Waals surface area contributed by atoms with Gasteiger partial charge in [0.25, 0.3) is 11.8 Å². The molecular weight excluding hydrogens is 461 g/mol. The topological polar surface area (TPSA) is 87.3 Å². The van der Waals surface area contributed by atoms with Crippen LogP contribution in [0, 0.1) is 11.2 Å². The zero-order valence-corrected chi connectivity index (χ0v) is 17.5. The Morgan fingerprint density at radius 2 is 1.68 bits per heavy atom. The van der Waals surface area contributed by atoms with Gasteiger partial charge in [-0.25, -0.2) is 13.6 Å². The van der Waals surface area contributed by atoms with Gasteiger partial charge < -0.3 is 10.6 Å². The van der Waals surface area contributed by atoms with E-state index in [4.69, 9.17) is 0 Å². The number of carbonyl (C=O) groups excluding carboxylic acids is 3. The highest BCUT2D eigenvalue weighted by Crippen LogP contribution is 2.73. The van der Waals surface area contributed by atoms with Crippen LogP contribution >= 0.6 is 0 Å². The van der Waals surface area contributed by atoms with Crippen LogP contribution in [0.4, 0.5) is 26.7 Å². The number of halogens is 5. The van der Waals surface area contributed by atoms with Crippen LogP contribution in [0.5, 0.6) is 0 Å². The van der Waals surface area contributed by atoms with Crippen molar-refractivity contribution in [3.05, 3.63) is 59.4 Å². The molecule has 3 aliphatic carbocycles. The molecule has 0 radical (unpaired) electrons. The fraction of sp³-hybridized carbons (Fsp3) is 0.348.